The summed E-state index contributed by atoms with van der Waals surface area (Å²) in [6.07, 6.45) is 3.02. The Labute approximate surface area is 79.7 Å². The third kappa shape index (κ3) is 2.48. The van der Waals surface area contributed by atoms with E-state index in [9.17, 15) is 4.79 Å². The molecule has 1 aromatic rings. The second-order valence-electron chi connectivity index (χ2n) is 2.64. The molecule has 0 aromatic carbocycles. The van der Waals surface area contributed by atoms with Crippen LogP contribution >= 0.6 is 15.9 Å². The van der Waals surface area contributed by atoms with Crippen LogP contribution in [0.5, 0.6) is 0 Å². The van der Waals surface area contributed by atoms with Gasteiger partial charge in [-0.3, -0.25) is 0 Å². The average molecular weight is 231 g/mol. The summed E-state index contributed by atoms with van der Waals surface area (Å²) in [4.78, 5) is 11.0. The number of rotatable bonds is 3. The zero-order valence-corrected chi connectivity index (χ0v) is 8.56. The van der Waals surface area contributed by atoms with E-state index in [2.05, 4.69) is 22.9 Å². The molecule has 0 fully saturated rings. The highest BCUT2D eigenvalue weighted by Crippen LogP contribution is 2.07. The number of unbranched alkanes of at least 4 members (excludes halogenated alkanes) is 1. The van der Waals surface area contributed by atoms with E-state index < -0.39 is 0 Å². The van der Waals surface area contributed by atoms with Crippen LogP contribution in [0, 0.1) is 0 Å². The Morgan fingerprint density at radius 1 is 1.50 bits per heavy atom. The zero-order valence-electron chi connectivity index (χ0n) is 6.97. The van der Waals surface area contributed by atoms with Gasteiger partial charge in [-0.15, -0.1) is 0 Å². The van der Waals surface area contributed by atoms with E-state index in [1.165, 1.54) is 0 Å². The van der Waals surface area contributed by atoms with E-state index in [-0.39, 0.29) is 5.63 Å². The lowest BCUT2D eigenvalue weighted by molar-refractivity contribution is 0.449. The van der Waals surface area contributed by atoms with E-state index in [1.807, 2.05) is 6.07 Å². The molecule has 0 aliphatic rings. The minimum atomic E-state index is -0.288. The molecule has 1 aromatic heterocycles. The van der Waals surface area contributed by atoms with Crippen molar-refractivity contribution < 1.29 is 4.42 Å². The average Bonchev–Trinajstić information content (AvgIpc) is 2.07. The van der Waals surface area contributed by atoms with Crippen molar-refractivity contribution in [1.82, 2.24) is 0 Å². The van der Waals surface area contributed by atoms with Crippen LogP contribution in [0.4, 0.5) is 0 Å². The van der Waals surface area contributed by atoms with Gasteiger partial charge in [0, 0.05) is 6.42 Å². The first-order valence-electron chi connectivity index (χ1n) is 4.02. The Balaban J connectivity index is 2.76. The highest BCUT2D eigenvalue weighted by atomic mass is 79.9. The van der Waals surface area contributed by atoms with Crippen molar-refractivity contribution in [3.63, 3.8) is 0 Å². The minimum Gasteiger partial charge on any atom is -0.427 e. The zero-order chi connectivity index (χ0) is 8.97. The summed E-state index contributed by atoms with van der Waals surface area (Å²) in [5.41, 5.74) is -0.288. The smallest absolute Gasteiger partial charge is 0.350 e. The molecular weight excluding hydrogens is 220 g/mol. The SMILES string of the molecule is CCCCc1ccc(Br)c(=O)o1. The van der Waals surface area contributed by atoms with Crippen molar-refractivity contribution in [2.24, 2.45) is 0 Å². The van der Waals surface area contributed by atoms with Gasteiger partial charge in [0.25, 0.3) is 0 Å². The summed E-state index contributed by atoms with van der Waals surface area (Å²) in [6.45, 7) is 2.11. The van der Waals surface area contributed by atoms with Crippen LogP contribution in [0.25, 0.3) is 0 Å². The molecule has 66 valence electrons. The van der Waals surface area contributed by atoms with Gasteiger partial charge in [-0.05, 0) is 34.5 Å². The largest absolute Gasteiger partial charge is 0.427 e. The van der Waals surface area contributed by atoms with Crippen molar-refractivity contribution in [2.75, 3.05) is 0 Å². The molecule has 0 N–H and O–H groups in total. The van der Waals surface area contributed by atoms with Crippen LogP contribution in [0.2, 0.25) is 0 Å². The van der Waals surface area contributed by atoms with Crippen LogP contribution < -0.4 is 5.63 Å². The topological polar surface area (TPSA) is 30.2 Å². The Kier molecular flexibility index (Phi) is 3.53. The van der Waals surface area contributed by atoms with E-state index in [1.54, 1.807) is 6.07 Å². The highest BCUT2D eigenvalue weighted by Gasteiger charge is 1.99. The molecule has 1 rings (SSSR count). The molecular formula is C9H11BrO2. The van der Waals surface area contributed by atoms with Crippen LogP contribution in [0.1, 0.15) is 25.5 Å². The number of halogens is 1. The van der Waals surface area contributed by atoms with Gasteiger partial charge >= 0.3 is 5.63 Å². The third-order valence-electron chi connectivity index (χ3n) is 1.61. The molecule has 0 saturated heterocycles. The molecule has 0 aliphatic heterocycles. The third-order valence-corrected chi connectivity index (χ3v) is 2.20. The molecule has 0 spiro atoms. The number of hydrogen-bond donors (Lipinski definition) is 0. The molecule has 0 saturated carbocycles. The van der Waals surface area contributed by atoms with Gasteiger partial charge in [0.05, 0.1) is 0 Å². The second kappa shape index (κ2) is 4.45. The summed E-state index contributed by atoms with van der Waals surface area (Å²) >= 11 is 3.09. The van der Waals surface area contributed by atoms with Gasteiger partial charge in [-0.25, -0.2) is 4.79 Å². The van der Waals surface area contributed by atoms with E-state index in [0.717, 1.165) is 25.0 Å². The first-order chi connectivity index (χ1) is 5.74. The van der Waals surface area contributed by atoms with Gasteiger partial charge in [-0.1, -0.05) is 13.3 Å². The lowest BCUT2D eigenvalue weighted by Crippen LogP contribution is -2.01. The first kappa shape index (κ1) is 9.52. The maximum Gasteiger partial charge on any atom is 0.350 e. The van der Waals surface area contributed by atoms with Gasteiger partial charge < -0.3 is 4.42 Å². The van der Waals surface area contributed by atoms with Gasteiger partial charge in [-0.2, -0.15) is 0 Å². The fourth-order valence-corrected chi connectivity index (χ4v) is 1.13. The predicted molar refractivity (Wildman–Crippen MR) is 51.3 cm³/mol. The quantitative estimate of drug-likeness (QED) is 0.800. The standard InChI is InChI=1S/C9H11BrO2/c1-2-3-4-7-5-6-8(10)9(11)12-7/h5-6H,2-4H2,1H3. The lowest BCUT2D eigenvalue weighted by Gasteiger charge is -1.96. The van der Waals surface area contributed by atoms with Crippen LogP contribution in [-0.4, -0.2) is 0 Å². The molecule has 0 bridgehead atoms. The molecule has 12 heavy (non-hydrogen) atoms. The van der Waals surface area contributed by atoms with Crippen molar-refractivity contribution in [2.45, 2.75) is 26.2 Å². The van der Waals surface area contributed by atoms with E-state index >= 15 is 0 Å². The number of aryl methyl sites for hydroxylation is 1. The predicted octanol–water partition coefficient (Wildman–Crippen LogP) is 2.74. The molecule has 2 nitrogen and oxygen atoms in total. The van der Waals surface area contributed by atoms with E-state index in [4.69, 9.17) is 4.42 Å². The molecule has 0 unspecified atom stereocenters. The Hall–Kier alpha value is -0.570. The summed E-state index contributed by atoms with van der Waals surface area (Å²) in [5.74, 6) is 0.769. The Morgan fingerprint density at radius 3 is 2.83 bits per heavy atom. The number of hydrogen-bond acceptors (Lipinski definition) is 2. The maximum absolute atomic E-state index is 11.0. The van der Waals surface area contributed by atoms with Crippen molar-refractivity contribution in [1.29, 1.82) is 0 Å². The molecule has 0 aliphatic carbocycles. The van der Waals surface area contributed by atoms with E-state index in [0.29, 0.717) is 4.47 Å². The lowest BCUT2D eigenvalue weighted by atomic mass is 10.2. The van der Waals surface area contributed by atoms with Crippen molar-refractivity contribution in [3.8, 4) is 0 Å². The normalized spacial score (nSPS) is 10.2. The van der Waals surface area contributed by atoms with Crippen molar-refractivity contribution >= 4 is 15.9 Å². The molecule has 1 heterocycles. The highest BCUT2D eigenvalue weighted by molar-refractivity contribution is 9.10. The van der Waals surface area contributed by atoms with Crippen LogP contribution in [0.3, 0.4) is 0 Å². The Bertz CT molecular complexity index is 304. The second-order valence-corrected chi connectivity index (χ2v) is 3.49. The van der Waals surface area contributed by atoms with Crippen LogP contribution in [0.15, 0.2) is 25.8 Å². The first-order valence-corrected chi connectivity index (χ1v) is 4.82. The molecule has 0 radical (unpaired) electrons. The molecule has 0 amide bonds. The summed E-state index contributed by atoms with van der Waals surface area (Å²) in [7, 11) is 0. The van der Waals surface area contributed by atoms with Gasteiger partial charge in [0.15, 0.2) is 0 Å². The molecule has 0 atom stereocenters. The summed E-state index contributed by atoms with van der Waals surface area (Å²) in [6, 6.07) is 3.57. The minimum absolute atomic E-state index is 0.288. The summed E-state index contributed by atoms with van der Waals surface area (Å²) < 4.78 is 5.50. The maximum atomic E-state index is 11.0. The monoisotopic (exact) mass is 230 g/mol. The fraction of sp³-hybridized carbons (Fsp3) is 0.444. The molecule has 3 heteroatoms. The van der Waals surface area contributed by atoms with Crippen LogP contribution in [-0.2, 0) is 6.42 Å². The van der Waals surface area contributed by atoms with Gasteiger partial charge in [0.2, 0.25) is 0 Å². The fourth-order valence-electron chi connectivity index (χ4n) is 0.921. The summed E-state index contributed by atoms with van der Waals surface area (Å²) in [5, 5.41) is 0. The van der Waals surface area contributed by atoms with Gasteiger partial charge in [0.1, 0.15) is 10.2 Å². The van der Waals surface area contributed by atoms with Crippen molar-refractivity contribution in [3.05, 3.63) is 32.8 Å². The Morgan fingerprint density at radius 2 is 2.25 bits per heavy atom.